The van der Waals surface area contributed by atoms with Crippen LogP contribution in [0.5, 0.6) is 0 Å². The Morgan fingerprint density at radius 1 is 1.47 bits per heavy atom. The highest BCUT2D eigenvalue weighted by Gasteiger charge is 2.08. The van der Waals surface area contributed by atoms with Crippen molar-refractivity contribution in [3.63, 3.8) is 0 Å². The lowest BCUT2D eigenvalue weighted by molar-refractivity contribution is 0.120. The number of rotatable bonds is 9. The summed E-state index contributed by atoms with van der Waals surface area (Å²) in [5.74, 6) is 0. The summed E-state index contributed by atoms with van der Waals surface area (Å²) in [6.45, 7) is 8.10. The van der Waals surface area contributed by atoms with Gasteiger partial charge in [0.15, 0.2) is 0 Å². The maximum absolute atomic E-state index is 8.90. The first kappa shape index (κ1) is 14.4. The zero-order valence-electron chi connectivity index (χ0n) is 10.1. The molecule has 0 rings (SSSR count). The van der Waals surface area contributed by atoms with Gasteiger partial charge >= 0.3 is 0 Å². The number of hydrogen-bond acceptors (Lipinski definition) is 4. The molecule has 0 aromatic carbocycles. The molecule has 0 aliphatic carbocycles. The van der Waals surface area contributed by atoms with Crippen molar-refractivity contribution in [2.24, 2.45) is 0 Å². The average molecular weight is 213 g/mol. The van der Waals surface area contributed by atoms with Crippen LogP contribution in [-0.2, 0) is 4.74 Å². The number of nitriles is 1. The molecule has 4 nitrogen and oxygen atoms in total. The molecule has 0 aliphatic rings. The smallest absolute Gasteiger partial charge is 0.108 e. The topological polar surface area (TPSA) is 48.3 Å². The van der Waals surface area contributed by atoms with Crippen molar-refractivity contribution in [2.75, 3.05) is 39.9 Å². The zero-order chi connectivity index (χ0) is 11.5. The standard InChI is InChI=1S/C11H23N3O/c1-4-6-13-11(9-12)10-14(3)7-8-15-5-2/h11,13H,4-8,10H2,1-3H3. The SMILES string of the molecule is CCCNC(C#N)CN(C)CCOCC. The van der Waals surface area contributed by atoms with E-state index >= 15 is 0 Å². The highest BCUT2D eigenvalue weighted by atomic mass is 16.5. The number of hydrogen-bond donors (Lipinski definition) is 1. The Morgan fingerprint density at radius 2 is 2.20 bits per heavy atom. The molecule has 88 valence electrons. The maximum Gasteiger partial charge on any atom is 0.108 e. The first-order valence-electron chi connectivity index (χ1n) is 5.63. The Kier molecular flexibility index (Phi) is 9.49. The molecule has 1 N–H and O–H groups in total. The second-order valence-electron chi connectivity index (χ2n) is 3.59. The molecule has 4 heteroatoms. The van der Waals surface area contributed by atoms with Crippen LogP contribution in [0.25, 0.3) is 0 Å². The van der Waals surface area contributed by atoms with Crippen LogP contribution in [0.1, 0.15) is 20.3 Å². The molecule has 0 aliphatic heterocycles. The van der Waals surface area contributed by atoms with E-state index < -0.39 is 0 Å². The molecule has 0 radical (unpaired) electrons. The van der Waals surface area contributed by atoms with Gasteiger partial charge in [-0.1, -0.05) is 6.92 Å². The molecule has 1 atom stereocenters. The van der Waals surface area contributed by atoms with Crippen molar-refractivity contribution >= 4 is 0 Å². The largest absolute Gasteiger partial charge is 0.380 e. The molecule has 0 spiro atoms. The molecule has 0 amide bonds. The van der Waals surface area contributed by atoms with E-state index in [1.807, 2.05) is 14.0 Å². The van der Waals surface area contributed by atoms with E-state index in [0.717, 1.165) is 39.3 Å². The first-order chi connectivity index (χ1) is 7.24. The zero-order valence-corrected chi connectivity index (χ0v) is 10.1. The number of ether oxygens (including phenoxy) is 1. The quantitative estimate of drug-likeness (QED) is 0.577. The van der Waals surface area contributed by atoms with Gasteiger partial charge in [0.25, 0.3) is 0 Å². The summed E-state index contributed by atoms with van der Waals surface area (Å²) in [5, 5.41) is 12.1. The van der Waals surface area contributed by atoms with Gasteiger partial charge in [-0.15, -0.1) is 0 Å². The van der Waals surface area contributed by atoms with Gasteiger partial charge in [-0.2, -0.15) is 5.26 Å². The minimum atomic E-state index is -0.0726. The van der Waals surface area contributed by atoms with Gasteiger partial charge in [-0.25, -0.2) is 0 Å². The first-order valence-corrected chi connectivity index (χ1v) is 5.63. The summed E-state index contributed by atoms with van der Waals surface area (Å²) in [5.41, 5.74) is 0. The summed E-state index contributed by atoms with van der Waals surface area (Å²) in [6.07, 6.45) is 1.06. The third-order valence-corrected chi connectivity index (χ3v) is 2.11. The Morgan fingerprint density at radius 3 is 2.73 bits per heavy atom. The average Bonchev–Trinajstić information content (AvgIpc) is 2.24. The van der Waals surface area contributed by atoms with Gasteiger partial charge in [0, 0.05) is 19.7 Å². The molecule has 0 saturated carbocycles. The van der Waals surface area contributed by atoms with Crippen LogP contribution in [0.2, 0.25) is 0 Å². The fourth-order valence-corrected chi connectivity index (χ4v) is 1.24. The third kappa shape index (κ3) is 8.37. The van der Waals surface area contributed by atoms with E-state index in [4.69, 9.17) is 10.00 Å². The molecule has 0 aromatic heterocycles. The van der Waals surface area contributed by atoms with Crippen molar-refractivity contribution in [3.05, 3.63) is 0 Å². The fraction of sp³-hybridized carbons (Fsp3) is 0.909. The van der Waals surface area contributed by atoms with Crippen molar-refractivity contribution in [2.45, 2.75) is 26.3 Å². The van der Waals surface area contributed by atoms with Gasteiger partial charge < -0.3 is 15.0 Å². The number of nitrogens with one attached hydrogen (secondary N) is 1. The van der Waals surface area contributed by atoms with Gasteiger partial charge in [0.2, 0.25) is 0 Å². The fourth-order valence-electron chi connectivity index (χ4n) is 1.24. The minimum absolute atomic E-state index is 0.0726. The van der Waals surface area contributed by atoms with Crippen LogP contribution < -0.4 is 5.32 Å². The summed E-state index contributed by atoms with van der Waals surface area (Å²) >= 11 is 0. The van der Waals surface area contributed by atoms with E-state index in [0.29, 0.717) is 0 Å². The van der Waals surface area contributed by atoms with Gasteiger partial charge in [0.1, 0.15) is 6.04 Å². The van der Waals surface area contributed by atoms with E-state index in [1.165, 1.54) is 0 Å². The van der Waals surface area contributed by atoms with Crippen LogP contribution in [0, 0.1) is 11.3 Å². The van der Waals surface area contributed by atoms with Gasteiger partial charge in [-0.05, 0) is 26.9 Å². The highest BCUT2D eigenvalue weighted by molar-refractivity contribution is 4.91. The summed E-state index contributed by atoms with van der Waals surface area (Å²) in [4.78, 5) is 2.12. The third-order valence-electron chi connectivity index (χ3n) is 2.11. The lowest BCUT2D eigenvalue weighted by Gasteiger charge is -2.20. The van der Waals surface area contributed by atoms with Crippen molar-refractivity contribution in [1.29, 1.82) is 5.26 Å². The van der Waals surface area contributed by atoms with Crippen LogP contribution >= 0.6 is 0 Å². The minimum Gasteiger partial charge on any atom is -0.380 e. The molecule has 1 unspecified atom stereocenters. The van der Waals surface area contributed by atoms with E-state index in [2.05, 4.69) is 23.2 Å². The van der Waals surface area contributed by atoms with Crippen LogP contribution in [0.3, 0.4) is 0 Å². The lowest BCUT2D eigenvalue weighted by atomic mass is 10.3. The molecule has 0 saturated heterocycles. The van der Waals surface area contributed by atoms with Crippen molar-refractivity contribution in [3.8, 4) is 6.07 Å². The Bertz CT molecular complexity index is 179. The van der Waals surface area contributed by atoms with E-state index in [1.54, 1.807) is 0 Å². The van der Waals surface area contributed by atoms with Crippen LogP contribution in [-0.4, -0.2) is 50.8 Å². The summed E-state index contributed by atoms with van der Waals surface area (Å²) in [6, 6.07) is 2.19. The summed E-state index contributed by atoms with van der Waals surface area (Å²) < 4.78 is 5.26. The molecular weight excluding hydrogens is 190 g/mol. The monoisotopic (exact) mass is 213 g/mol. The van der Waals surface area contributed by atoms with Crippen LogP contribution in [0.4, 0.5) is 0 Å². The normalized spacial score (nSPS) is 12.7. The van der Waals surface area contributed by atoms with E-state index in [9.17, 15) is 0 Å². The van der Waals surface area contributed by atoms with Crippen molar-refractivity contribution in [1.82, 2.24) is 10.2 Å². The molecule has 0 aromatic rings. The second kappa shape index (κ2) is 9.91. The second-order valence-corrected chi connectivity index (χ2v) is 3.59. The molecule has 0 fully saturated rings. The Balaban J connectivity index is 3.61. The predicted molar refractivity (Wildman–Crippen MR) is 61.7 cm³/mol. The Labute approximate surface area is 93.2 Å². The molecular formula is C11H23N3O. The molecule has 15 heavy (non-hydrogen) atoms. The van der Waals surface area contributed by atoms with Gasteiger partial charge in [0.05, 0.1) is 12.7 Å². The molecule has 0 bridgehead atoms. The van der Waals surface area contributed by atoms with Gasteiger partial charge in [-0.3, -0.25) is 0 Å². The number of nitrogens with zero attached hydrogens (tertiary/aromatic N) is 2. The van der Waals surface area contributed by atoms with Crippen molar-refractivity contribution < 1.29 is 4.74 Å². The maximum atomic E-state index is 8.90. The summed E-state index contributed by atoms with van der Waals surface area (Å²) in [7, 11) is 2.01. The highest BCUT2D eigenvalue weighted by Crippen LogP contribution is 1.89. The molecule has 0 heterocycles. The lowest BCUT2D eigenvalue weighted by Crippen LogP contribution is -2.40. The number of likely N-dealkylation sites (N-methyl/N-ethyl adjacent to an activating group) is 1. The Hall–Kier alpha value is -0.630. The van der Waals surface area contributed by atoms with E-state index in [-0.39, 0.29) is 6.04 Å². The predicted octanol–water partition coefficient (Wildman–Crippen LogP) is 0.846. The van der Waals surface area contributed by atoms with Crippen LogP contribution in [0.15, 0.2) is 0 Å².